The number of carbonyl (C=O) groups excluding carboxylic acids is 2. The number of amides is 1. The molecule has 0 saturated carbocycles. The van der Waals surface area contributed by atoms with E-state index in [-0.39, 0.29) is 12.1 Å². The van der Waals surface area contributed by atoms with Crippen LogP contribution in [0.3, 0.4) is 0 Å². The highest BCUT2D eigenvalue weighted by atomic mass is 32.2. The van der Waals surface area contributed by atoms with Gasteiger partial charge in [0.2, 0.25) is 10.0 Å². The Kier molecular flexibility index (Phi) is 8.25. The molecule has 9 heteroatoms. The van der Waals surface area contributed by atoms with Crippen molar-refractivity contribution in [2.24, 2.45) is 0 Å². The smallest absolute Gasteiger partial charge is 0.338 e. The van der Waals surface area contributed by atoms with Crippen molar-refractivity contribution in [1.82, 2.24) is 9.62 Å². The molecule has 0 aliphatic carbocycles. The maximum Gasteiger partial charge on any atom is 0.338 e. The van der Waals surface area contributed by atoms with Crippen LogP contribution >= 0.6 is 0 Å². The second-order valence-electron chi connectivity index (χ2n) is 6.26. The SMILES string of the molecule is C=CCNS(=O)(=O)c1cc(C(=O)OCC(=O)N(CC)Cc2ccccc2)ccc1F. The molecule has 0 aromatic heterocycles. The molecule has 0 heterocycles. The van der Waals surface area contributed by atoms with Crippen molar-refractivity contribution in [3.63, 3.8) is 0 Å². The molecule has 7 nitrogen and oxygen atoms in total. The molecular formula is C21H23FN2O5S. The number of esters is 1. The van der Waals surface area contributed by atoms with Gasteiger partial charge >= 0.3 is 5.97 Å². The summed E-state index contributed by atoms with van der Waals surface area (Å²) in [5.41, 5.74) is 0.744. The number of ether oxygens (including phenoxy) is 1. The molecule has 1 N–H and O–H groups in total. The number of hydrogen-bond acceptors (Lipinski definition) is 5. The average Bonchev–Trinajstić information content (AvgIpc) is 2.75. The van der Waals surface area contributed by atoms with Crippen LogP contribution < -0.4 is 4.72 Å². The quantitative estimate of drug-likeness (QED) is 0.458. The van der Waals surface area contributed by atoms with E-state index in [1.807, 2.05) is 30.3 Å². The molecule has 0 aliphatic rings. The van der Waals surface area contributed by atoms with E-state index in [0.717, 1.165) is 23.8 Å². The minimum absolute atomic E-state index is 0.0980. The Bertz CT molecular complexity index is 1010. The topological polar surface area (TPSA) is 92.8 Å². The Morgan fingerprint density at radius 2 is 1.90 bits per heavy atom. The van der Waals surface area contributed by atoms with E-state index in [0.29, 0.717) is 13.1 Å². The molecule has 0 aliphatic heterocycles. The van der Waals surface area contributed by atoms with E-state index in [1.165, 1.54) is 11.0 Å². The molecule has 0 saturated heterocycles. The maximum absolute atomic E-state index is 14.0. The molecule has 160 valence electrons. The number of likely N-dealkylation sites (N-methyl/N-ethyl adjacent to an activating group) is 1. The lowest BCUT2D eigenvalue weighted by Gasteiger charge is -2.20. The molecule has 0 unspecified atom stereocenters. The van der Waals surface area contributed by atoms with Crippen LogP contribution in [0.5, 0.6) is 0 Å². The van der Waals surface area contributed by atoms with Crippen LogP contribution in [0.2, 0.25) is 0 Å². The largest absolute Gasteiger partial charge is 0.452 e. The van der Waals surface area contributed by atoms with Gasteiger partial charge in [-0.25, -0.2) is 22.3 Å². The fourth-order valence-electron chi connectivity index (χ4n) is 2.56. The van der Waals surface area contributed by atoms with Crippen LogP contribution in [0.4, 0.5) is 4.39 Å². The van der Waals surface area contributed by atoms with Crippen LogP contribution in [0.1, 0.15) is 22.8 Å². The molecule has 0 spiro atoms. The molecule has 0 radical (unpaired) electrons. The van der Waals surface area contributed by atoms with Gasteiger partial charge in [-0.15, -0.1) is 6.58 Å². The van der Waals surface area contributed by atoms with Gasteiger partial charge in [0.15, 0.2) is 6.61 Å². The minimum atomic E-state index is -4.17. The Hall–Kier alpha value is -3.04. The molecule has 1 amide bonds. The van der Waals surface area contributed by atoms with E-state index >= 15 is 0 Å². The zero-order valence-electron chi connectivity index (χ0n) is 16.5. The number of rotatable bonds is 10. The lowest BCUT2D eigenvalue weighted by atomic mass is 10.2. The van der Waals surface area contributed by atoms with Crippen molar-refractivity contribution < 1.29 is 27.1 Å². The summed E-state index contributed by atoms with van der Waals surface area (Å²) in [5.74, 6) is -2.35. The first kappa shape index (κ1) is 23.2. The fraction of sp³-hybridized carbons (Fsp3) is 0.238. The summed E-state index contributed by atoms with van der Waals surface area (Å²) in [4.78, 5) is 25.5. The van der Waals surface area contributed by atoms with Crippen molar-refractivity contribution in [2.45, 2.75) is 18.4 Å². The second-order valence-corrected chi connectivity index (χ2v) is 7.99. The maximum atomic E-state index is 14.0. The van der Waals surface area contributed by atoms with E-state index < -0.39 is 39.2 Å². The van der Waals surface area contributed by atoms with Crippen LogP contribution in [0.15, 0.2) is 66.1 Å². The van der Waals surface area contributed by atoms with Crippen molar-refractivity contribution in [2.75, 3.05) is 19.7 Å². The van der Waals surface area contributed by atoms with E-state index in [2.05, 4.69) is 11.3 Å². The number of halogens is 1. The third-order valence-corrected chi connectivity index (χ3v) is 5.59. The highest BCUT2D eigenvalue weighted by Crippen LogP contribution is 2.17. The summed E-state index contributed by atoms with van der Waals surface area (Å²) < 4.78 is 45.4. The highest BCUT2D eigenvalue weighted by molar-refractivity contribution is 7.89. The highest BCUT2D eigenvalue weighted by Gasteiger charge is 2.22. The summed E-state index contributed by atoms with van der Waals surface area (Å²) in [6, 6.07) is 12.2. The summed E-state index contributed by atoms with van der Waals surface area (Å²) in [6.45, 7) is 5.35. The lowest BCUT2D eigenvalue weighted by molar-refractivity contribution is -0.134. The third kappa shape index (κ3) is 6.23. The third-order valence-electron chi connectivity index (χ3n) is 4.15. The number of sulfonamides is 1. The summed E-state index contributed by atoms with van der Waals surface area (Å²) >= 11 is 0. The van der Waals surface area contributed by atoms with Gasteiger partial charge in [0.25, 0.3) is 5.91 Å². The Labute approximate surface area is 175 Å². The van der Waals surface area contributed by atoms with Crippen molar-refractivity contribution in [1.29, 1.82) is 0 Å². The second kappa shape index (κ2) is 10.7. The molecule has 0 bridgehead atoms. The first-order chi connectivity index (χ1) is 14.3. The zero-order chi connectivity index (χ0) is 22.1. The molecule has 2 aromatic carbocycles. The van der Waals surface area contributed by atoms with E-state index in [9.17, 15) is 22.4 Å². The van der Waals surface area contributed by atoms with Gasteiger partial charge in [0.1, 0.15) is 10.7 Å². The van der Waals surface area contributed by atoms with Crippen LogP contribution in [0.25, 0.3) is 0 Å². The van der Waals surface area contributed by atoms with Crippen LogP contribution in [0, 0.1) is 5.82 Å². The van der Waals surface area contributed by atoms with Crippen LogP contribution in [-0.2, 0) is 26.1 Å². The van der Waals surface area contributed by atoms with Crippen molar-refractivity contribution in [3.8, 4) is 0 Å². The van der Waals surface area contributed by atoms with E-state index in [1.54, 1.807) is 6.92 Å². The van der Waals surface area contributed by atoms with Gasteiger partial charge in [-0.1, -0.05) is 36.4 Å². The van der Waals surface area contributed by atoms with Crippen molar-refractivity contribution in [3.05, 3.63) is 78.1 Å². The Morgan fingerprint density at radius 3 is 2.53 bits per heavy atom. The number of hydrogen-bond donors (Lipinski definition) is 1. The van der Waals surface area contributed by atoms with Crippen LogP contribution in [-0.4, -0.2) is 44.9 Å². The van der Waals surface area contributed by atoms with Gasteiger partial charge < -0.3 is 9.64 Å². The summed E-state index contributed by atoms with van der Waals surface area (Å²) in [7, 11) is -4.17. The standard InChI is InChI=1S/C21H23FN2O5S/c1-3-12-23-30(27,28)19-13-17(10-11-18(19)22)21(26)29-15-20(25)24(4-2)14-16-8-6-5-7-9-16/h3,5-11,13,23H,1,4,12,14-15H2,2H3. The first-order valence-corrected chi connectivity index (χ1v) is 10.7. The molecule has 0 atom stereocenters. The molecule has 30 heavy (non-hydrogen) atoms. The molecule has 0 fully saturated rings. The van der Waals surface area contributed by atoms with E-state index in [4.69, 9.17) is 4.74 Å². The monoisotopic (exact) mass is 434 g/mol. The molecular weight excluding hydrogens is 411 g/mol. The average molecular weight is 434 g/mol. The first-order valence-electron chi connectivity index (χ1n) is 9.17. The normalized spacial score (nSPS) is 11.0. The minimum Gasteiger partial charge on any atom is -0.452 e. The Morgan fingerprint density at radius 1 is 1.20 bits per heavy atom. The number of carbonyl (C=O) groups is 2. The summed E-state index contributed by atoms with van der Waals surface area (Å²) in [6.07, 6.45) is 1.30. The van der Waals surface area contributed by atoms with Gasteiger partial charge in [0, 0.05) is 19.6 Å². The number of nitrogens with one attached hydrogen (secondary N) is 1. The van der Waals surface area contributed by atoms with Gasteiger partial charge in [-0.05, 0) is 30.7 Å². The predicted octanol–water partition coefficient (Wildman–Crippen LogP) is 2.50. The van der Waals surface area contributed by atoms with Crippen molar-refractivity contribution >= 4 is 21.9 Å². The van der Waals surface area contributed by atoms with Gasteiger partial charge in [-0.3, -0.25) is 4.79 Å². The predicted molar refractivity (Wildman–Crippen MR) is 110 cm³/mol. The van der Waals surface area contributed by atoms with Gasteiger partial charge in [-0.2, -0.15) is 0 Å². The molecule has 2 rings (SSSR count). The zero-order valence-corrected chi connectivity index (χ0v) is 17.3. The Balaban J connectivity index is 2.06. The van der Waals surface area contributed by atoms with Gasteiger partial charge in [0.05, 0.1) is 5.56 Å². The lowest BCUT2D eigenvalue weighted by Crippen LogP contribution is -2.34. The summed E-state index contributed by atoms with van der Waals surface area (Å²) in [5, 5.41) is 0. The molecule has 2 aromatic rings. The number of nitrogens with zero attached hydrogens (tertiary/aromatic N) is 1. The fourth-order valence-corrected chi connectivity index (χ4v) is 3.66. The number of benzene rings is 2.